The lowest BCUT2D eigenvalue weighted by Gasteiger charge is -2.17. The van der Waals surface area contributed by atoms with Crippen LogP contribution in [0.25, 0.3) is 0 Å². The molecule has 2 aromatic rings. The molecular formula is C20H26O2. The Morgan fingerprint density at radius 2 is 1.18 bits per heavy atom. The molecule has 0 aliphatic heterocycles. The zero-order chi connectivity index (χ0) is 16.1. The SMILES string of the molecule is CCOc1ccc(C(C)c2ccc(OCC)c(C)c2)cc1C. The highest BCUT2D eigenvalue weighted by Gasteiger charge is 2.12. The quantitative estimate of drug-likeness (QED) is 0.725. The first-order valence-electron chi connectivity index (χ1n) is 8.03. The van der Waals surface area contributed by atoms with Gasteiger partial charge >= 0.3 is 0 Å². The van der Waals surface area contributed by atoms with Crippen molar-refractivity contribution in [1.82, 2.24) is 0 Å². The van der Waals surface area contributed by atoms with Gasteiger partial charge in [0.05, 0.1) is 13.2 Å². The number of aryl methyl sites for hydroxylation is 2. The van der Waals surface area contributed by atoms with E-state index < -0.39 is 0 Å². The average Bonchev–Trinajstić information content (AvgIpc) is 2.51. The Kier molecular flexibility index (Phi) is 5.48. The van der Waals surface area contributed by atoms with E-state index in [1.165, 1.54) is 22.3 Å². The molecular weight excluding hydrogens is 272 g/mol. The average molecular weight is 298 g/mol. The van der Waals surface area contributed by atoms with Crippen LogP contribution in [0.4, 0.5) is 0 Å². The smallest absolute Gasteiger partial charge is 0.122 e. The van der Waals surface area contributed by atoms with Gasteiger partial charge in [-0.25, -0.2) is 0 Å². The molecule has 0 bridgehead atoms. The van der Waals surface area contributed by atoms with E-state index in [9.17, 15) is 0 Å². The standard InChI is InChI=1S/C20H26O2/c1-6-21-19-10-8-17(12-14(19)3)16(5)18-9-11-20(22-7-2)15(4)13-18/h8-13,16H,6-7H2,1-5H3. The molecule has 0 unspecified atom stereocenters. The highest BCUT2D eigenvalue weighted by Crippen LogP contribution is 2.30. The lowest BCUT2D eigenvalue weighted by Crippen LogP contribution is -2.01. The van der Waals surface area contributed by atoms with Crippen LogP contribution < -0.4 is 9.47 Å². The molecule has 0 saturated carbocycles. The van der Waals surface area contributed by atoms with Gasteiger partial charge in [0.25, 0.3) is 0 Å². The fraction of sp³-hybridized carbons (Fsp3) is 0.400. The van der Waals surface area contributed by atoms with Crippen LogP contribution in [0.3, 0.4) is 0 Å². The van der Waals surface area contributed by atoms with Gasteiger partial charge in [-0.2, -0.15) is 0 Å². The topological polar surface area (TPSA) is 18.5 Å². The summed E-state index contributed by atoms with van der Waals surface area (Å²) in [6.07, 6.45) is 0. The van der Waals surface area contributed by atoms with E-state index in [2.05, 4.69) is 57.2 Å². The second-order valence-electron chi connectivity index (χ2n) is 5.64. The lowest BCUT2D eigenvalue weighted by molar-refractivity contribution is 0.337. The van der Waals surface area contributed by atoms with Gasteiger partial charge in [0.2, 0.25) is 0 Å². The summed E-state index contributed by atoms with van der Waals surface area (Å²) in [5.41, 5.74) is 5.00. The highest BCUT2D eigenvalue weighted by atomic mass is 16.5. The number of hydrogen-bond donors (Lipinski definition) is 0. The van der Waals surface area contributed by atoms with Gasteiger partial charge in [-0.05, 0) is 62.1 Å². The molecule has 2 rings (SSSR count). The number of rotatable bonds is 6. The summed E-state index contributed by atoms with van der Waals surface area (Å²) in [7, 11) is 0. The van der Waals surface area contributed by atoms with Crippen molar-refractivity contribution in [2.75, 3.05) is 13.2 Å². The molecule has 0 N–H and O–H groups in total. The lowest BCUT2D eigenvalue weighted by atomic mass is 9.91. The fourth-order valence-electron chi connectivity index (χ4n) is 2.71. The molecule has 0 spiro atoms. The molecule has 0 atom stereocenters. The zero-order valence-corrected chi connectivity index (χ0v) is 14.3. The Hall–Kier alpha value is -1.96. The van der Waals surface area contributed by atoms with Crippen molar-refractivity contribution in [3.05, 3.63) is 58.7 Å². The van der Waals surface area contributed by atoms with Crippen LogP contribution in [0.5, 0.6) is 11.5 Å². The molecule has 0 amide bonds. The van der Waals surface area contributed by atoms with Crippen molar-refractivity contribution in [2.45, 2.75) is 40.5 Å². The molecule has 0 heterocycles. The van der Waals surface area contributed by atoms with Crippen LogP contribution in [-0.2, 0) is 0 Å². The first-order valence-corrected chi connectivity index (χ1v) is 8.03. The third-order valence-corrected chi connectivity index (χ3v) is 4.00. The molecule has 2 aromatic carbocycles. The summed E-state index contributed by atoms with van der Waals surface area (Å²) < 4.78 is 11.2. The number of ether oxygens (including phenoxy) is 2. The molecule has 0 aliphatic carbocycles. The maximum absolute atomic E-state index is 5.62. The molecule has 2 heteroatoms. The Labute approximate surface area is 134 Å². The van der Waals surface area contributed by atoms with Crippen molar-refractivity contribution >= 4 is 0 Å². The van der Waals surface area contributed by atoms with Crippen molar-refractivity contribution < 1.29 is 9.47 Å². The minimum Gasteiger partial charge on any atom is -0.494 e. The molecule has 2 nitrogen and oxygen atoms in total. The van der Waals surface area contributed by atoms with Crippen LogP contribution in [0.1, 0.15) is 48.9 Å². The largest absolute Gasteiger partial charge is 0.494 e. The van der Waals surface area contributed by atoms with E-state index in [0.717, 1.165) is 11.5 Å². The summed E-state index contributed by atoms with van der Waals surface area (Å²) >= 11 is 0. The van der Waals surface area contributed by atoms with Crippen molar-refractivity contribution in [3.8, 4) is 11.5 Å². The van der Waals surface area contributed by atoms with Gasteiger partial charge in [0.1, 0.15) is 11.5 Å². The van der Waals surface area contributed by atoms with Gasteiger partial charge < -0.3 is 9.47 Å². The van der Waals surface area contributed by atoms with Gasteiger partial charge in [-0.1, -0.05) is 31.2 Å². The maximum Gasteiger partial charge on any atom is 0.122 e. The van der Waals surface area contributed by atoms with E-state index >= 15 is 0 Å². The molecule has 0 aliphatic rings. The monoisotopic (exact) mass is 298 g/mol. The second-order valence-corrected chi connectivity index (χ2v) is 5.64. The third kappa shape index (κ3) is 3.62. The van der Waals surface area contributed by atoms with Gasteiger partial charge in [0.15, 0.2) is 0 Å². The maximum atomic E-state index is 5.62. The van der Waals surface area contributed by atoms with Crippen LogP contribution in [0.15, 0.2) is 36.4 Å². The minimum atomic E-state index is 0.351. The predicted molar refractivity (Wildman–Crippen MR) is 92.2 cm³/mol. The van der Waals surface area contributed by atoms with Gasteiger partial charge in [-0.15, -0.1) is 0 Å². The van der Waals surface area contributed by atoms with Crippen LogP contribution in [-0.4, -0.2) is 13.2 Å². The number of hydrogen-bond acceptors (Lipinski definition) is 2. The Morgan fingerprint density at radius 3 is 1.50 bits per heavy atom. The third-order valence-electron chi connectivity index (χ3n) is 4.00. The summed E-state index contributed by atoms with van der Waals surface area (Å²) in [6, 6.07) is 12.9. The molecule has 0 radical (unpaired) electrons. The predicted octanol–water partition coefficient (Wildman–Crippen LogP) is 5.25. The Morgan fingerprint density at radius 1 is 0.773 bits per heavy atom. The van der Waals surface area contributed by atoms with Gasteiger partial charge in [-0.3, -0.25) is 0 Å². The van der Waals surface area contributed by atoms with Crippen LogP contribution >= 0.6 is 0 Å². The van der Waals surface area contributed by atoms with Crippen LogP contribution in [0, 0.1) is 13.8 Å². The second kappa shape index (κ2) is 7.35. The Balaban J connectivity index is 2.26. The van der Waals surface area contributed by atoms with Crippen molar-refractivity contribution in [1.29, 1.82) is 0 Å². The molecule has 0 aromatic heterocycles. The van der Waals surface area contributed by atoms with Gasteiger partial charge in [0, 0.05) is 5.92 Å². The molecule has 118 valence electrons. The van der Waals surface area contributed by atoms with E-state index in [1.54, 1.807) is 0 Å². The van der Waals surface area contributed by atoms with E-state index in [-0.39, 0.29) is 0 Å². The first-order chi connectivity index (χ1) is 10.6. The van der Waals surface area contributed by atoms with Crippen molar-refractivity contribution in [2.24, 2.45) is 0 Å². The molecule has 0 saturated heterocycles. The van der Waals surface area contributed by atoms with E-state index in [4.69, 9.17) is 9.47 Å². The summed E-state index contributed by atoms with van der Waals surface area (Å²) in [6.45, 7) is 11.9. The minimum absolute atomic E-state index is 0.351. The normalized spacial score (nSPS) is 10.8. The summed E-state index contributed by atoms with van der Waals surface area (Å²) in [5.74, 6) is 2.30. The summed E-state index contributed by atoms with van der Waals surface area (Å²) in [5, 5.41) is 0. The van der Waals surface area contributed by atoms with Crippen LogP contribution in [0.2, 0.25) is 0 Å². The van der Waals surface area contributed by atoms with E-state index in [0.29, 0.717) is 19.1 Å². The highest BCUT2D eigenvalue weighted by molar-refractivity contribution is 5.44. The zero-order valence-electron chi connectivity index (χ0n) is 14.3. The molecule has 0 fully saturated rings. The van der Waals surface area contributed by atoms with Crippen molar-refractivity contribution in [3.63, 3.8) is 0 Å². The Bertz CT molecular complexity index is 576. The summed E-state index contributed by atoms with van der Waals surface area (Å²) in [4.78, 5) is 0. The first kappa shape index (κ1) is 16.4. The molecule has 22 heavy (non-hydrogen) atoms. The fourth-order valence-corrected chi connectivity index (χ4v) is 2.71. The number of benzene rings is 2. The van der Waals surface area contributed by atoms with E-state index in [1.807, 2.05) is 13.8 Å².